The summed E-state index contributed by atoms with van der Waals surface area (Å²) in [5.41, 5.74) is 1.28. The van der Waals surface area contributed by atoms with Gasteiger partial charge in [-0.1, -0.05) is 6.07 Å². The quantitative estimate of drug-likeness (QED) is 0.509. The monoisotopic (exact) mass is 350 g/mol. The van der Waals surface area contributed by atoms with Gasteiger partial charge in [-0.2, -0.15) is 0 Å². The van der Waals surface area contributed by atoms with Crippen LogP contribution in [0.4, 0.5) is 4.79 Å². The first-order valence-electron chi connectivity index (χ1n) is 7.88. The summed E-state index contributed by atoms with van der Waals surface area (Å²) >= 11 is 0. The van der Waals surface area contributed by atoms with Crippen molar-refractivity contribution in [2.24, 2.45) is 0 Å². The van der Waals surface area contributed by atoms with Gasteiger partial charge in [0.1, 0.15) is 6.61 Å². The third kappa shape index (κ3) is 4.42. The van der Waals surface area contributed by atoms with Gasteiger partial charge in [-0.25, -0.2) is 9.59 Å². The Bertz CT molecular complexity index is 686. The lowest BCUT2D eigenvalue weighted by Crippen LogP contribution is -2.45. The number of benzene rings is 1. The van der Waals surface area contributed by atoms with Crippen LogP contribution in [0.3, 0.4) is 0 Å². The van der Waals surface area contributed by atoms with Gasteiger partial charge in [0.25, 0.3) is 0 Å². The number of phenolic OH excluding ortho intramolecular Hbond substituents is 1. The Kier molecular flexibility index (Phi) is 6.24. The number of hydrogen-bond donors (Lipinski definition) is 3. The summed E-state index contributed by atoms with van der Waals surface area (Å²) in [7, 11) is 1.51. The van der Waals surface area contributed by atoms with Crippen LogP contribution in [0.5, 0.6) is 11.5 Å². The molecule has 2 rings (SSSR count). The van der Waals surface area contributed by atoms with Gasteiger partial charge in [-0.15, -0.1) is 0 Å². The van der Waals surface area contributed by atoms with Crippen LogP contribution in [0.2, 0.25) is 0 Å². The van der Waals surface area contributed by atoms with Gasteiger partial charge >= 0.3 is 12.0 Å². The lowest BCUT2D eigenvalue weighted by Gasteiger charge is -2.28. The number of amides is 2. The number of carbonyl (C=O) groups excluding carboxylic acids is 2. The van der Waals surface area contributed by atoms with Gasteiger partial charge < -0.3 is 30.0 Å². The molecule has 1 aliphatic heterocycles. The molecule has 0 fully saturated rings. The van der Waals surface area contributed by atoms with E-state index in [1.54, 1.807) is 26.0 Å². The minimum Gasteiger partial charge on any atom is -0.504 e. The highest BCUT2D eigenvalue weighted by atomic mass is 16.6. The Morgan fingerprint density at radius 3 is 2.76 bits per heavy atom. The molecule has 0 spiro atoms. The van der Waals surface area contributed by atoms with Crippen molar-refractivity contribution in [3.8, 4) is 11.5 Å². The molecule has 3 N–H and O–H groups in total. The van der Waals surface area contributed by atoms with Crippen LogP contribution < -0.4 is 15.4 Å². The third-order valence-corrected chi connectivity index (χ3v) is 3.63. The number of ether oxygens (including phenoxy) is 3. The molecule has 1 atom stereocenters. The summed E-state index contributed by atoms with van der Waals surface area (Å²) in [5.74, 6) is -0.300. The van der Waals surface area contributed by atoms with E-state index in [1.165, 1.54) is 13.2 Å². The maximum Gasteiger partial charge on any atom is 0.338 e. The van der Waals surface area contributed by atoms with Gasteiger partial charge in [0.2, 0.25) is 0 Å². The lowest BCUT2D eigenvalue weighted by atomic mass is 9.95. The van der Waals surface area contributed by atoms with Crippen LogP contribution in [0.1, 0.15) is 25.5 Å². The SMILES string of the molecule is CCOc1cc([C@@H]2NC(=O)NC(C)=C2C(=O)OCCOC)ccc1O. The van der Waals surface area contributed by atoms with Crippen LogP contribution in [-0.2, 0) is 14.3 Å². The van der Waals surface area contributed by atoms with Crippen LogP contribution in [0.15, 0.2) is 29.5 Å². The summed E-state index contributed by atoms with van der Waals surface area (Å²) in [5, 5.41) is 15.1. The van der Waals surface area contributed by atoms with Gasteiger partial charge in [-0.3, -0.25) is 0 Å². The number of urea groups is 1. The number of carbonyl (C=O) groups is 2. The van der Waals surface area contributed by atoms with Gasteiger partial charge in [0, 0.05) is 12.8 Å². The number of hydrogen-bond acceptors (Lipinski definition) is 6. The molecule has 1 heterocycles. The fourth-order valence-corrected chi connectivity index (χ4v) is 2.49. The Balaban J connectivity index is 2.35. The van der Waals surface area contributed by atoms with Crippen molar-refractivity contribution in [2.75, 3.05) is 26.9 Å². The maximum atomic E-state index is 12.4. The molecule has 8 nitrogen and oxygen atoms in total. The van der Waals surface area contributed by atoms with Crippen LogP contribution in [0, 0.1) is 0 Å². The third-order valence-electron chi connectivity index (χ3n) is 3.63. The fourth-order valence-electron chi connectivity index (χ4n) is 2.49. The molecule has 0 bridgehead atoms. The Hall–Kier alpha value is -2.74. The minimum absolute atomic E-state index is 0.0178. The molecule has 0 aliphatic carbocycles. The predicted octanol–water partition coefficient (Wildman–Crippen LogP) is 1.61. The Morgan fingerprint density at radius 1 is 1.32 bits per heavy atom. The molecule has 25 heavy (non-hydrogen) atoms. The summed E-state index contributed by atoms with van der Waals surface area (Å²) < 4.78 is 15.4. The average molecular weight is 350 g/mol. The van der Waals surface area contributed by atoms with Crippen molar-refractivity contribution >= 4 is 12.0 Å². The molecule has 1 aliphatic rings. The zero-order valence-corrected chi connectivity index (χ0v) is 14.4. The molecule has 1 aromatic rings. The predicted molar refractivity (Wildman–Crippen MR) is 89.2 cm³/mol. The molecule has 0 aromatic heterocycles. The highest BCUT2D eigenvalue weighted by molar-refractivity contribution is 5.95. The molecule has 0 unspecified atom stereocenters. The highest BCUT2D eigenvalue weighted by Crippen LogP contribution is 2.33. The van der Waals surface area contributed by atoms with Gasteiger partial charge in [0.05, 0.1) is 24.8 Å². The van der Waals surface area contributed by atoms with E-state index in [0.29, 0.717) is 17.9 Å². The Labute approximate surface area is 145 Å². The largest absolute Gasteiger partial charge is 0.504 e. The number of allylic oxidation sites excluding steroid dienone is 1. The zero-order valence-electron chi connectivity index (χ0n) is 14.4. The normalized spacial score (nSPS) is 16.9. The van der Waals surface area contributed by atoms with Gasteiger partial charge in [0.15, 0.2) is 11.5 Å². The summed E-state index contributed by atoms with van der Waals surface area (Å²) in [6.45, 7) is 4.17. The van der Waals surface area contributed by atoms with E-state index in [2.05, 4.69) is 10.6 Å². The first-order valence-corrected chi connectivity index (χ1v) is 7.88. The van der Waals surface area contributed by atoms with Crippen molar-refractivity contribution in [2.45, 2.75) is 19.9 Å². The number of phenols is 1. The maximum absolute atomic E-state index is 12.4. The molecule has 136 valence electrons. The molecular weight excluding hydrogens is 328 g/mol. The van der Waals surface area contributed by atoms with E-state index in [4.69, 9.17) is 14.2 Å². The Morgan fingerprint density at radius 2 is 2.08 bits per heavy atom. The number of nitrogens with one attached hydrogen (secondary N) is 2. The van der Waals surface area contributed by atoms with Crippen LogP contribution >= 0.6 is 0 Å². The molecular formula is C17H22N2O6. The van der Waals surface area contributed by atoms with E-state index in [1.807, 2.05) is 0 Å². The standard InChI is InChI=1S/C17H22N2O6/c1-4-24-13-9-11(5-6-12(13)20)15-14(10(2)18-17(22)19-15)16(21)25-8-7-23-3/h5-6,9,15,20H,4,7-8H2,1-3H3,(H2,18,19,22)/t15-/m0/s1. The molecule has 8 heteroatoms. The van der Waals surface area contributed by atoms with E-state index in [-0.39, 0.29) is 30.3 Å². The summed E-state index contributed by atoms with van der Waals surface area (Å²) in [4.78, 5) is 24.3. The van der Waals surface area contributed by atoms with Crippen molar-refractivity contribution in [3.63, 3.8) is 0 Å². The van der Waals surface area contributed by atoms with E-state index >= 15 is 0 Å². The number of aromatic hydroxyl groups is 1. The zero-order chi connectivity index (χ0) is 18.4. The number of esters is 1. The second-order valence-corrected chi connectivity index (χ2v) is 5.36. The molecule has 0 saturated heterocycles. The first kappa shape index (κ1) is 18.6. The fraction of sp³-hybridized carbons (Fsp3) is 0.412. The second kappa shape index (κ2) is 8.39. The summed E-state index contributed by atoms with van der Waals surface area (Å²) in [6.07, 6.45) is 0. The van der Waals surface area contributed by atoms with Crippen molar-refractivity contribution in [1.82, 2.24) is 10.6 Å². The van der Waals surface area contributed by atoms with Crippen LogP contribution in [-0.4, -0.2) is 44.0 Å². The van der Waals surface area contributed by atoms with Crippen molar-refractivity contribution in [3.05, 3.63) is 35.0 Å². The first-order chi connectivity index (χ1) is 12.0. The molecule has 1 aromatic carbocycles. The molecule has 0 radical (unpaired) electrons. The van der Waals surface area contributed by atoms with E-state index in [0.717, 1.165) is 0 Å². The highest BCUT2D eigenvalue weighted by Gasteiger charge is 2.32. The topological polar surface area (TPSA) is 106 Å². The smallest absolute Gasteiger partial charge is 0.338 e. The van der Waals surface area contributed by atoms with Crippen molar-refractivity contribution in [1.29, 1.82) is 0 Å². The van der Waals surface area contributed by atoms with Crippen LogP contribution in [0.25, 0.3) is 0 Å². The van der Waals surface area contributed by atoms with E-state index in [9.17, 15) is 14.7 Å². The van der Waals surface area contributed by atoms with Crippen molar-refractivity contribution < 1.29 is 28.9 Å². The number of methoxy groups -OCH3 is 1. The average Bonchev–Trinajstić information content (AvgIpc) is 2.56. The van der Waals surface area contributed by atoms with Gasteiger partial charge in [-0.05, 0) is 31.5 Å². The lowest BCUT2D eigenvalue weighted by molar-refractivity contribution is -0.140. The van der Waals surface area contributed by atoms with E-state index < -0.39 is 18.0 Å². The second-order valence-electron chi connectivity index (χ2n) is 5.36. The molecule has 0 saturated carbocycles. The number of rotatable bonds is 7. The summed E-state index contributed by atoms with van der Waals surface area (Å²) in [6, 6.07) is 3.51. The minimum atomic E-state index is -0.719. The molecule has 2 amide bonds.